The van der Waals surface area contributed by atoms with Crippen molar-refractivity contribution in [2.45, 2.75) is 13.8 Å². The second-order valence-electron chi connectivity index (χ2n) is 6.51. The number of carbonyl (C=O) groups excluding carboxylic acids is 1. The molecule has 3 aromatic carbocycles. The van der Waals surface area contributed by atoms with E-state index in [4.69, 9.17) is 4.74 Å². The summed E-state index contributed by atoms with van der Waals surface area (Å²) in [4.78, 5) is 11.7. The van der Waals surface area contributed by atoms with Crippen LogP contribution in [-0.4, -0.2) is 12.6 Å². The number of carbonyl (C=O) groups is 1. The molecule has 0 radical (unpaired) electrons. The molecule has 3 aromatic rings. The van der Waals surface area contributed by atoms with Gasteiger partial charge >= 0.3 is 5.97 Å². The minimum atomic E-state index is -0.286. The average molecular weight is 368 g/mol. The zero-order valence-electron chi connectivity index (χ0n) is 16.3. The molecule has 0 fully saturated rings. The van der Waals surface area contributed by atoms with Crippen molar-refractivity contribution < 1.29 is 9.53 Å². The van der Waals surface area contributed by atoms with Gasteiger partial charge in [-0.3, -0.25) is 0 Å². The first kappa shape index (κ1) is 19.4. The highest BCUT2D eigenvalue weighted by atomic mass is 16.5. The Morgan fingerprint density at radius 1 is 0.857 bits per heavy atom. The van der Waals surface area contributed by atoms with Crippen LogP contribution >= 0.6 is 0 Å². The Hall–Kier alpha value is -3.39. The van der Waals surface area contributed by atoms with Crippen LogP contribution in [0.5, 0.6) is 0 Å². The standard InChI is InChI=1S/C26H24O2/c1-3-28-26(27)24-18-14-21(15-19-24)8-4-5-9-22-10-6-7-11-25(22)23-16-12-20(2)13-17-23/h4-19H,3H2,1-2H3. The molecule has 0 spiro atoms. The third kappa shape index (κ3) is 5.08. The fourth-order valence-corrected chi connectivity index (χ4v) is 2.91. The van der Waals surface area contributed by atoms with E-state index in [0.717, 1.165) is 5.56 Å². The predicted octanol–water partition coefficient (Wildman–Crippen LogP) is 6.57. The second kappa shape index (κ2) is 9.52. The Morgan fingerprint density at radius 3 is 2.25 bits per heavy atom. The number of benzene rings is 3. The molecule has 0 unspecified atom stereocenters. The molecule has 2 heteroatoms. The molecule has 0 saturated heterocycles. The van der Waals surface area contributed by atoms with Crippen LogP contribution in [0.4, 0.5) is 0 Å². The highest BCUT2D eigenvalue weighted by molar-refractivity contribution is 5.89. The zero-order chi connectivity index (χ0) is 19.8. The van der Waals surface area contributed by atoms with Crippen LogP contribution in [-0.2, 0) is 4.74 Å². The number of hydrogen-bond donors (Lipinski definition) is 0. The maximum Gasteiger partial charge on any atom is 0.338 e. The van der Waals surface area contributed by atoms with Gasteiger partial charge < -0.3 is 4.74 Å². The van der Waals surface area contributed by atoms with Crippen molar-refractivity contribution in [3.63, 3.8) is 0 Å². The van der Waals surface area contributed by atoms with E-state index in [-0.39, 0.29) is 5.97 Å². The minimum absolute atomic E-state index is 0.286. The third-order valence-electron chi connectivity index (χ3n) is 4.42. The summed E-state index contributed by atoms with van der Waals surface area (Å²) in [6.45, 7) is 4.29. The van der Waals surface area contributed by atoms with E-state index in [9.17, 15) is 4.79 Å². The molecule has 0 atom stereocenters. The van der Waals surface area contributed by atoms with Gasteiger partial charge in [-0.25, -0.2) is 4.79 Å². The zero-order valence-corrected chi connectivity index (χ0v) is 16.3. The number of ether oxygens (including phenoxy) is 1. The molecule has 0 aliphatic carbocycles. The third-order valence-corrected chi connectivity index (χ3v) is 4.42. The van der Waals surface area contributed by atoms with Gasteiger partial charge in [0.05, 0.1) is 12.2 Å². The van der Waals surface area contributed by atoms with Gasteiger partial charge in [-0.15, -0.1) is 0 Å². The largest absolute Gasteiger partial charge is 0.462 e. The Bertz CT molecular complexity index is 978. The van der Waals surface area contributed by atoms with E-state index in [1.54, 1.807) is 19.1 Å². The lowest BCUT2D eigenvalue weighted by molar-refractivity contribution is 0.0526. The Morgan fingerprint density at radius 2 is 1.54 bits per heavy atom. The summed E-state index contributed by atoms with van der Waals surface area (Å²) in [6.07, 6.45) is 8.16. The summed E-state index contributed by atoms with van der Waals surface area (Å²) < 4.78 is 5.00. The van der Waals surface area contributed by atoms with Crippen LogP contribution in [0.3, 0.4) is 0 Å². The number of esters is 1. The van der Waals surface area contributed by atoms with Gasteiger partial charge in [0.25, 0.3) is 0 Å². The fourth-order valence-electron chi connectivity index (χ4n) is 2.91. The van der Waals surface area contributed by atoms with Gasteiger partial charge in [0.1, 0.15) is 0 Å². The van der Waals surface area contributed by atoms with Crippen molar-refractivity contribution in [1.29, 1.82) is 0 Å². The lowest BCUT2D eigenvalue weighted by atomic mass is 9.98. The van der Waals surface area contributed by atoms with E-state index in [1.807, 2.05) is 30.4 Å². The number of rotatable bonds is 6. The first-order valence-corrected chi connectivity index (χ1v) is 9.45. The van der Waals surface area contributed by atoms with Crippen LogP contribution in [0.25, 0.3) is 23.3 Å². The molecule has 28 heavy (non-hydrogen) atoms. The van der Waals surface area contributed by atoms with Crippen molar-refractivity contribution in [3.05, 3.63) is 107 Å². The monoisotopic (exact) mass is 368 g/mol. The average Bonchev–Trinajstić information content (AvgIpc) is 2.73. The number of hydrogen-bond acceptors (Lipinski definition) is 2. The Labute approximate surface area is 166 Å². The summed E-state index contributed by atoms with van der Waals surface area (Å²) in [7, 11) is 0. The minimum Gasteiger partial charge on any atom is -0.462 e. The normalized spacial score (nSPS) is 11.2. The van der Waals surface area contributed by atoms with Crippen LogP contribution in [0.15, 0.2) is 84.9 Å². The number of allylic oxidation sites excluding steroid dienone is 2. The summed E-state index contributed by atoms with van der Waals surface area (Å²) >= 11 is 0. The second-order valence-corrected chi connectivity index (χ2v) is 6.51. The number of aryl methyl sites for hydroxylation is 1. The topological polar surface area (TPSA) is 26.3 Å². The highest BCUT2D eigenvalue weighted by Gasteiger charge is 2.04. The van der Waals surface area contributed by atoms with Gasteiger partial charge in [-0.2, -0.15) is 0 Å². The molecule has 0 N–H and O–H groups in total. The molecule has 0 aromatic heterocycles. The molecule has 0 amide bonds. The van der Waals surface area contributed by atoms with Crippen LogP contribution in [0.2, 0.25) is 0 Å². The predicted molar refractivity (Wildman–Crippen MR) is 117 cm³/mol. The molecule has 0 bridgehead atoms. The molecule has 0 aliphatic heterocycles. The van der Waals surface area contributed by atoms with Crippen LogP contribution < -0.4 is 0 Å². The van der Waals surface area contributed by atoms with E-state index >= 15 is 0 Å². The maximum atomic E-state index is 11.7. The SMILES string of the molecule is CCOC(=O)c1ccc(C=CC=Cc2ccccc2-c2ccc(C)cc2)cc1. The molecule has 0 heterocycles. The lowest BCUT2D eigenvalue weighted by Gasteiger charge is -2.06. The van der Waals surface area contributed by atoms with Gasteiger partial charge in [0.2, 0.25) is 0 Å². The Kier molecular flexibility index (Phi) is 6.59. The molecule has 2 nitrogen and oxygen atoms in total. The van der Waals surface area contributed by atoms with Crippen molar-refractivity contribution in [3.8, 4) is 11.1 Å². The van der Waals surface area contributed by atoms with Gasteiger partial charge in [-0.1, -0.05) is 90.5 Å². The van der Waals surface area contributed by atoms with Gasteiger partial charge in [-0.05, 0) is 48.2 Å². The van der Waals surface area contributed by atoms with Crippen molar-refractivity contribution >= 4 is 18.1 Å². The Balaban J connectivity index is 1.71. The summed E-state index contributed by atoms with van der Waals surface area (Å²) in [5.41, 5.74) is 6.46. The van der Waals surface area contributed by atoms with E-state index in [2.05, 4.69) is 61.5 Å². The molecule has 3 rings (SSSR count). The smallest absolute Gasteiger partial charge is 0.338 e. The van der Waals surface area contributed by atoms with Crippen molar-refractivity contribution in [2.75, 3.05) is 6.61 Å². The van der Waals surface area contributed by atoms with Crippen LogP contribution in [0.1, 0.15) is 34.0 Å². The van der Waals surface area contributed by atoms with E-state index < -0.39 is 0 Å². The highest BCUT2D eigenvalue weighted by Crippen LogP contribution is 2.25. The van der Waals surface area contributed by atoms with Gasteiger partial charge in [0, 0.05) is 0 Å². The summed E-state index contributed by atoms with van der Waals surface area (Å²) in [5, 5.41) is 0. The molecular weight excluding hydrogens is 344 g/mol. The van der Waals surface area contributed by atoms with Gasteiger partial charge in [0.15, 0.2) is 0 Å². The molecule has 0 aliphatic rings. The van der Waals surface area contributed by atoms with Crippen LogP contribution in [0, 0.1) is 6.92 Å². The molecule has 0 saturated carbocycles. The first-order chi connectivity index (χ1) is 13.7. The summed E-state index contributed by atoms with van der Waals surface area (Å²) in [5.74, 6) is -0.286. The molecule has 140 valence electrons. The summed E-state index contributed by atoms with van der Waals surface area (Å²) in [6, 6.07) is 24.4. The lowest BCUT2D eigenvalue weighted by Crippen LogP contribution is -2.03. The first-order valence-electron chi connectivity index (χ1n) is 9.45. The fraction of sp³-hybridized carbons (Fsp3) is 0.115. The quantitative estimate of drug-likeness (QED) is 0.363. The van der Waals surface area contributed by atoms with Crippen molar-refractivity contribution in [2.24, 2.45) is 0 Å². The van der Waals surface area contributed by atoms with E-state index in [1.165, 1.54) is 22.3 Å². The van der Waals surface area contributed by atoms with Crippen molar-refractivity contribution in [1.82, 2.24) is 0 Å². The van der Waals surface area contributed by atoms with E-state index in [0.29, 0.717) is 12.2 Å². The molecular formula is C26H24O2. The maximum absolute atomic E-state index is 11.7.